The number of benzene rings is 9. The number of aromatic nitrogens is 5. The Balaban J connectivity index is 1.03. The summed E-state index contributed by atoms with van der Waals surface area (Å²) >= 11 is 0. The van der Waals surface area contributed by atoms with E-state index >= 15 is 0 Å². The molecule has 0 N–H and O–H groups in total. The van der Waals surface area contributed by atoms with Gasteiger partial charge in [0.1, 0.15) is 0 Å². The molecule has 0 aliphatic rings. The molecule has 0 aliphatic heterocycles. The molecule has 0 bridgehead atoms. The maximum Gasteiger partial charge on any atom is 0.164 e. The van der Waals surface area contributed by atoms with Crippen molar-refractivity contribution in [2.24, 2.45) is 0 Å². The van der Waals surface area contributed by atoms with E-state index in [2.05, 4.69) is 197 Å². The Kier molecular flexibility index (Phi) is 8.42. The van der Waals surface area contributed by atoms with Gasteiger partial charge in [-0.15, -0.1) is 0 Å². The van der Waals surface area contributed by atoms with E-state index in [0.29, 0.717) is 17.5 Å². The average molecular weight is 792 g/mol. The Labute approximate surface area is 358 Å². The fourth-order valence-corrected chi connectivity index (χ4v) is 9.02. The summed E-state index contributed by atoms with van der Waals surface area (Å²) < 4.78 is 4.80. The van der Waals surface area contributed by atoms with Gasteiger partial charge in [0.2, 0.25) is 0 Å². The highest BCUT2D eigenvalue weighted by molar-refractivity contribution is 6.19. The molecule has 0 spiro atoms. The van der Waals surface area contributed by atoms with Crippen LogP contribution in [0.15, 0.2) is 224 Å². The van der Waals surface area contributed by atoms with Gasteiger partial charge in [-0.3, -0.25) is 0 Å². The van der Waals surface area contributed by atoms with E-state index in [0.717, 1.165) is 44.7 Å². The highest BCUT2D eigenvalue weighted by Gasteiger charge is 2.20. The normalized spacial score (nSPS) is 11.5. The van der Waals surface area contributed by atoms with E-state index in [1.54, 1.807) is 0 Å². The van der Waals surface area contributed by atoms with E-state index < -0.39 is 0 Å². The number of hydrogen-bond acceptors (Lipinski definition) is 3. The molecule has 9 aromatic carbocycles. The maximum absolute atomic E-state index is 5.15. The van der Waals surface area contributed by atoms with Gasteiger partial charge in [-0.1, -0.05) is 176 Å². The topological polar surface area (TPSA) is 48.5 Å². The summed E-state index contributed by atoms with van der Waals surface area (Å²) in [7, 11) is 0. The van der Waals surface area contributed by atoms with Crippen LogP contribution in [0, 0.1) is 0 Å². The Morgan fingerprint density at radius 2 is 0.581 bits per heavy atom. The summed E-state index contributed by atoms with van der Waals surface area (Å²) in [5, 5.41) is 4.79. The van der Waals surface area contributed by atoms with Crippen molar-refractivity contribution < 1.29 is 0 Å². The minimum atomic E-state index is 0.617. The standard InChI is InChI=1S/C57H37N5/c1-4-16-38(17-5-1)40-30-32-42(33-31-40)56-58-55(41-20-8-3-9-21-41)59-57(60-56)44-23-15-25-46(35-44)62-52-29-13-11-27-48(52)50-36-53-49(37-54(50)62)47-26-10-12-28-51(47)61(53)45-24-14-22-43(34-45)39-18-6-2-7-19-39/h1-37H. The molecule has 0 fully saturated rings. The second-order valence-corrected chi connectivity index (χ2v) is 15.7. The van der Waals surface area contributed by atoms with Crippen molar-refractivity contribution in [3.05, 3.63) is 224 Å². The van der Waals surface area contributed by atoms with Crippen LogP contribution < -0.4 is 0 Å². The average Bonchev–Trinajstić information content (AvgIpc) is 3.86. The van der Waals surface area contributed by atoms with Crippen molar-refractivity contribution in [1.82, 2.24) is 24.1 Å². The lowest BCUT2D eigenvalue weighted by molar-refractivity contribution is 1.07. The molecular weight excluding hydrogens is 755 g/mol. The van der Waals surface area contributed by atoms with E-state index in [4.69, 9.17) is 15.0 Å². The van der Waals surface area contributed by atoms with Crippen LogP contribution in [0.5, 0.6) is 0 Å². The maximum atomic E-state index is 5.15. The first-order valence-corrected chi connectivity index (χ1v) is 20.9. The summed E-state index contributed by atoms with van der Waals surface area (Å²) in [6, 6.07) is 79.3. The number of rotatable bonds is 7. The fraction of sp³-hybridized carbons (Fsp3) is 0. The van der Waals surface area contributed by atoms with Gasteiger partial charge in [0.15, 0.2) is 17.5 Å². The molecule has 0 saturated heterocycles. The van der Waals surface area contributed by atoms with Crippen LogP contribution in [-0.4, -0.2) is 24.1 Å². The Morgan fingerprint density at radius 1 is 0.226 bits per heavy atom. The van der Waals surface area contributed by atoms with Gasteiger partial charge in [0.25, 0.3) is 0 Å². The third-order valence-corrected chi connectivity index (χ3v) is 12.0. The van der Waals surface area contributed by atoms with Crippen molar-refractivity contribution in [3.8, 4) is 67.8 Å². The molecule has 62 heavy (non-hydrogen) atoms. The third kappa shape index (κ3) is 6.06. The highest BCUT2D eigenvalue weighted by Crippen LogP contribution is 2.40. The minimum Gasteiger partial charge on any atom is -0.309 e. The molecule has 0 unspecified atom stereocenters. The lowest BCUT2D eigenvalue weighted by Gasteiger charge is -2.12. The molecule has 5 nitrogen and oxygen atoms in total. The van der Waals surface area contributed by atoms with E-state index in [1.807, 2.05) is 36.4 Å². The fourth-order valence-electron chi connectivity index (χ4n) is 9.02. The monoisotopic (exact) mass is 791 g/mol. The molecule has 5 heteroatoms. The van der Waals surface area contributed by atoms with Gasteiger partial charge >= 0.3 is 0 Å². The predicted octanol–water partition coefficient (Wildman–Crippen LogP) is 14.4. The summed E-state index contributed by atoms with van der Waals surface area (Å²) in [4.78, 5) is 15.3. The van der Waals surface area contributed by atoms with E-state index in [1.165, 1.54) is 49.3 Å². The third-order valence-electron chi connectivity index (χ3n) is 12.0. The summed E-state index contributed by atoms with van der Waals surface area (Å²) in [6.45, 7) is 0. The van der Waals surface area contributed by atoms with Gasteiger partial charge in [0, 0.05) is 49.6 Å². The zero-order valence-corrected chi connectivity index (χ0v) is 33.6. The van der Waals surface area contributed by atoms with Crippen molar-refractivity contribution in [3.63, 3.8) is 0 Å². The van der Waals surface area contributed by atoms with E-state index in [9.17, 15) is 0 Å². The SMILES string of the molecule is c1ccc(-c2ccc(-c3nc(-c4ccccc4)nc(-c4cccc(-n5c6ccccc6c6cc7c(cc65)c5ccccc5n7-c5cccc(-c6ccccc6)c5)c4)n3)cc2)cc1. The number of para-hydroxylation sites is 2. The number of nitrogens with zero attached hydrogens (tertiary/aromatic N) is 5. The van der Waals surface area contributed by atoms with Crippen LogP contribution in [0.1, 0.15) is 0 Å². The van der Waals surface area contributed by atoms with E-state index in [-0.39, 0.29) is 0 Å². The lowest BCUT2D eigenvalue weighted by Crippen LogP contribution is -2.01. The summed E-state index contributed by atoms with van der Waals surface area (Å²) in [5.41, 5.74) is 14.2. The Morgan fingerprint density at radius 3 is 1.11 bits per heavy atom. The molecule has 3 aromatic heterocycles. The predicted molar refractivity (Wildman–Crippen MR) is 256 cm³/mol. The first-order chi connectivity index (χ1) is 30.7. The van der Waals surface area contributed by atoms with Gasteiger partial charge in [-0.05, 0) is 70.8 Å². The highest BCUT2D eigenvalue weighted by atomic mass is 15.0. The van der Waals surface area contributed by atoms with Crippen LogP contribution in [0.3, 0.4) is 0 Å². The molecule has 12 rings (SSSR count). The largest absolute Gasteiger partial charge is 0.309 e. The molecule has 0 saturated carbocycles. The molecule has 3 heterocycles. The van der Waals surface area contributed by atoms with Crippen molar-refractivity contribution >= 4 is 43.6 Å². The van der Waals surface area contributed by atoms with Gasteiger partial charge in [-0.25, -0.2) is 15.0 Å². The minimum absolute atomic E-state index is 0.617. The lowest BCUT2D eigenvalue weighted by atomic mass is 10.0. The molecule has 12 aromatic rings. The zero-order chi connectivity index (χ0) is 41.0. The molecule has 0 radical (unpaired) electrons. The summed E-state index contributed by atoms with van der Waals surface area (Å²) in [5.74, 6) is 1.88. The number of hydrogen-bond donors (Lipinski definition) is 0. The van der Waals surface area contributed by atoms with Gasteiger partial charge < -0.3 is 9.13 Å². The smallest absolute Gasteiger partial charge is 0.164 e. The summed E-state index contributed by atoms with van der Waals surface area (Å²) in [6.07, 6.45) is 0. The van der Waals surface area contributed by atoms with Crippen molar-refractivity contribution in [1.29, 1.82) is 0 Å². The first-order valence-electron chi connectivity index (χ1n) is 20.9. The van der Waals surface area contributed by atoms with Crippen LogP contribution >= 0.6 is 0 Å². The first kappa shape index (κ1) is 35.5. The van der Waals surface area contributed by atoms with Crippen molar-refractivity contribution in [2.45, 2.75) is 0 Å². The van der Waals surface area contributed by atoms with Gasteiger partial charge in [0.05, 0.1) is 22.1 Å². The van der Waals surface area contributed by atoms with Crippen LogP contribution in [0.25, 0.3) is 111 Å². The van der Waals surface area contributed by atoms with Crippen LogP contribution in [0.4, 0.5) is 0 Å². The quantitative estimate of drug-likeness (QED) is 0.162. The molecule has 0 atom stereocenters. The van der Waals surface area contributed by atoms with Crippen molar-refractivity contribution in [2.75, 3.05) is 0 Å². The molecule has 0 aliphatic carbocycles. The van der Waals surface area contributed by atoms with Gasteiger partial charge in [-0.2, -0.15) is 0 Å². The molecule has 0 amide bonds. The second kappa shape index (κ2) is 14.7. The second-order valence-electron chi connectivity index (χ2n) is 15.7. The van der Waals surface area contributed by atoms with Crippen LogP contribution in [0.2, 0.25) is 0 Å². The Bertz CT molecular complexity index is 3610. The Hall–Kier alpha value is -8.41. The van der Waals surface area contributed by atoms with Crippen LogP contribution in [-0.2, 0) is 0 Å². The zero-order valence-electron chi connectivity index (χ0n) is 33.6. The number of fused-ring (bicyclic) bond motifs is 6. The molecular formula is C57H37N5. The molecule has 290 valence electrons.